The smallest absolute Gasteiger partial charge is 0.0466 e. The van der Waals surface area contributed by atoms with Crippen molar-refractivity contribution in [2.75, 3.05) is 19.0 Å². The monoisotopic (exact) mass is 310 g/mol. The number of rotatable bonds is 2. The molecule has 0 saturated heterocycles. The first-order chi connectivity index (χ1) is 10.5. The summed E-state index contributed by atoms with van der Waals surface area (Å²) in [7, 11) is 4.13. The Morgan fingerprint density at radius 2 is 1.13 bits per heavy atom. The fourth-order valence-electron chi connectivity index (χ4n) is 2.42. The summed E-state index contributed by atoms with van der Waals surface area (Å²) in [6.07, 6.45) is 0. The van der Waals surface area contributed by atoms with Crippen LogP contribution in [0.25, 0.3) is 11.1 Å². The van der Waals surface area contributed by atoms with Crippen LogP contribution in [0.3, 0.4) is 0 Å². The predicted octanol–water partition coefficient (Wildman–Crippen LogP) is 5.41. The molecule has 0 saturated carbocycles. The zero-order valence-electron chi connectivity index (χ0n) is 15.9. The fourth-order valence-corrected chi connectivity index (χ4v) is 2.42. The molecule has 1 heterocycles. The van der Waals surface area contributed by atoms with Gasteiger partial charge in [0.05, 0.1) is 0 Å². The van der Waals surface area contributed by atoms with Crippen LogP contribution in [-0.4, -0.2) is 19.1 Å². The molecule has 1 aromatic heterocycles. The molecule has 0 N–H and O–H groups in total. The van der Waals surface area contributed by atoms with Crippen LogP contribution >= 0.6 is 0 Å². The van der Waals surface area contributed by atoms with Crippen LogP contribution in [-0.2, 0) is 10.8 Å². The largest absolute Gasteiger partial charge is 0.378 e. The number of aromatic nitrogens is 1. The second-order valence-corrected chi connectivity index (χ2v) is 8.57. The molecule has 23 heavy (non-hydrogen) atoms. The maximum absolute atomic E-state index is 4.94. The highest BCUT2D eigenvalue weighted by Gasteiger charge is 2.22. The molecule has 0 spiro atoms. The Labute approximate surface area is 141 Å². The average Bonchev–Trinajstić information content (AvgIpc) is 2.45. The van der Waals surface area contributed by atoms with Crippen molar-refractivity contribution in [3.05, 3.63) is 47.8 Å². The van der Waals surface area contributed by atoms with Crippen molar-refractivity contribution in [1.82, 2.24) is 4.98 Å². The van der Waals surface area contributed by atoms with E-state index in [4.69, 9.17) is 4.98 Å². The van der Waals surface area contributed by atoms with Gasteiger partial charge in [0, 0.05) is 42.0 Å². The third-order valence-corrected chi connectivity index (χ3v) is 4.08. The average molecular weight is 310 g/mol. The van der Waals surface area contributed by atoms with Gasteiger partial charge in [-0.2, -0.15) is 0 Å². The van der Waals surface area contributed by atoms with Gasteiger partial charge < -0.3 is 4.90 Å². The molecule has 0 atom stereocenters. The summed E-state index contributed by atoms with van der Waals surface area (Å²) in [5, 5.41) is 0. The number of hydrogen-bond acceptors (Lipinski definition) is 2. The minimum absolute atomic E-state index is 0.0413. The highest BCUT2D eigenvalue weighted by Crippen LogP contribution is 2.32. The van der Waals surface area contributed by atoms with Crippen LogP contribution in [0, 0.1) is 0 Å². The third kappa shape index (κ3) is 4.13. The van der Waals surface area contributed by atoms with Crippen LogP contribution in [0.4, 0.5) is 5.69 Å². The van der Waals surface area contributed by atoms with Gasteiger partial charge in [-0.25, -0.2) is 0 Å². The number of pyridine rings is 1. The third-order valence-electron chi connectivity index (χ3n) is 4.08. The summed E-state index contributed by atoms with van der Waals surface area (Å²) in [5.74, 6) is 0. The number of nitrogens with zero attached hydrogens (tertiary/aromatic N) is 2. The minimum Gasteiger partial charge on any atom is -0.378 e. The lowest BCUT2D eigenvalue weighted by atomic mass is 9.85. The van der Waals surface area contributed by atoms with Crippen LogP contribution in [0.2, 0.25) is 0 Å². The van der Waals surface area contributed by atoms with Gasteiger partial charge in [-0.05, 0) is 35.4 Å². The molecule has 2 aromatic rings. The SMILES string of the molecule is CN(C)c1ccc(-c2cc(C(C)(C)C)nc(C(C)(C)C)c2)cc1. The molecule has 1 aromatic carbocycles. The van der Waals surface area contributed by atoms with Crippen molar-refractivity contribution in [3.63, 3.8) is 0 Å². The van der Waals surface area contributed by atoms with Crippen LogP contribution in [0.5, 0.6) is 0 Å². The van der Waals surface area contributed by atoms with Crippen molar-refractivity contribution in [2.45, 2.75) is 52.4 Å². The first kappa shape index (κ1) is 17.5. The zero-order chi connectivity index (χ0) is 17.4. The number of hydrogen-bond donors (Lipinski definition) is 0. The molecule has 0 unspecified atom stereocenters. The summed E-state index contributed by atoms with van der Waals surface area (Å²) < 4.78 is 0. The Morgan fingerprint density at radius 1 is 0.696 bits per heavy atom. The van der Waals surface area contributed by atoms with Gasteiger partial charge in [0.25, 0.3) is 0 Å². The van der Waals surface area contributed by atoms with E-state index in [2.05, 4.69) is 96.9 Å². The Balaban J connectivity index is 2.57. The molecular formula is C21H30N2. The van der Waals surface area contributed by atoms with Crippen molar-refractivity contribution < 1.29 is 0 Å². The van der Waals surface area contributed by atoms with Crippen molar-refractivity contribution in [1.29, 1.82) is 0 Å². The molecule has 0 bridgehead atoms. The van der Waals surface area contributed by atoms with E-state index in [-0.39, 0.29) is 10.8 Å². The normalized spacial score (nSPS) is 12.3. The van der Waals surface area contributed by atoms with Gasteiger partial charge in [0.1, 0.15) is 0 Å². The van der Waals surface area contributed by atoms with Gasteiger partial charge in [-0.15, -0.1) is 0 Å². The standard InChI is InChI=1S/C21H30N2/c1-20(2,3)18-13-16(14-19(22-18)21(4,5)6)15-9-11-17(12-10-15)23(7)8/h9-14H,1-8H3. The number of anilines is 1. The van der Waals surface area contributed by atoms with E-state index in [0.717, 1.165) is 11.4 Å². The lowest BCUT2D eigenvalue weighted by Gasteiger charge is -2.25. The molecule has 124 valence electrons. The van der Waals surface area contributed by atoms with E-state index < -0.39 is 0 Å². The molecule has 2 nitrogen and oxygen atoms in total. The highest BCUT2D eigenvalue weighted by atomic mass is 15.1. The Morgan fingerprint density at radius 3 is 1.48 bits per heavy atom. The number of benzene rings is 1. The summed E-state index contributed by atoms with van der Waals surface area (Å²) in [4.78, 5) is 7.06. The van der Waals surface area contributed by atoms with Crippen LogP contribution < -0.4 is 4.90 Å². The summed E-state index contributed by atoms with van der Waals surface area (Å²) in [6.45, 7) is 13.3. The maximum Gasteiger partial charge on any atom is 0.0466 e. The van der Waals surface area contributed by atoms with Gasteiger partial charge in [0.15, 0.2) is 0 Å². The van der Waals surface area contributed by atoms with Crippen molar-refractivity contribution in [3.8, 4) is 11.1 Å². The van der Waals surface area contributed by atoms with E-state index in [1.807, 2.05) is 0 Å². The van der Waals surface area contributed by atoms with Crippen molar-refractivity contribution in [2.24, 2.45) is 0 Å². The fraction of sp³-hybridized carbons (Fsp3) is 0.476. The van der Waals surface area contributed by atoms with E-state index >= 15 is 0 Å². The Hall–Kier alpha value is -1.83. The second-order valence-electron chi connectivity index (χ2n) is 8.57. The van der Waals surface area contributed by atoms with Gasteiger partial charge in [-0.3, -0.25) is 4.98 Å². The van der Waals surface area contributed by atoms with Gasteiger partial charge in [-0.1, -0.05) is 53.7 Å². The summed E-state index contributed by atoms with van der Waals surface area (Å²) >= 11 is 0. The quantitative estimate of drug-likeness (QED) is 0.737. The molecule has 0 fully saturated rings. The molecular weight excluding hydrogens is 280 g/mol. The molecule has 0 radical (unpaired) electrons. The maximum atomic E-state index is 4.94. The zero-order valence-corrected chi connectivity index (χ0v) is 15.9. The van der Waals surface area contributed by atoms with Crippen molar-refractivity contribution >= 4 is 5.69 Å². The highest BCUT2D eigenvalue weighted by molar-refractivity contribution is 5.67. The predicted molar refractivity (Wildman–Crippen MR) is 101 cm³/mol. The van der Waals surface area contributed by atoms with E-state index in [0.29, 0.717) is 0 Å². The topological polar surface area (TPSA) is 16.1 Å². The first-order valence-electron chi connectivity index (χ1n) is 8.29. The molecule has 0 aliphatic carbocycles. The Bertz CT molecular complexity index is 636. The van der Waals surface area contributed by atoms with Gasteiger partial charge >= 0.3 is 0 Å². The molecule has 0 amide bonds. The lowest BCUT2D eigenvalue weighted by Crippen LogP contribution is -2.20. The molecule has 2 heteroatoms. The van der Waals surface area contributed by atoms with E-state index in [9.17, 15) is 0 Å². The van der Waals surface area contributed by atoms with Crippen LogP contribution in [0.15, 0.2) is 36.4 Å². The minimum atomic E-state index is 0.0413. The van der Waals surface area contributed by atoms with Gasteiger partial charge in [0.2, 0.25) is 0 Å². The summed E-state index contributed by atoms with van der Waals surface area (Å²) in [5.41, 5.74) is 6.09. The van der Waals surface area contributed by atoms with E-state index in [1.165, 1.54) is 16.8 Å². The molecule has 0 aliphatic heterocycles. The second kappa shape index (κ2) is 5.99. The van der Waals surface area contributed by atoms with E-state index in [1.54, 1.807) is 0 Å². The summed E-state index contributed by atoms with van der Waals surface area (Å²) in [6, 6.07) is 13.2. The molecule has 2 rings (SSSR count). The Kier molecular flexibility index (Phi) is 4.57. The molecule has 0 aliphatic rings. The van der Waals surface area contributed by atoms with Crippen LogP contribution in [0.1, 0.15) is 52.9 Å². The lowest BCUT2D eigenvalue weighted by molar-refractivity contribution is 0.531. The first-order valence-corrected chi connectivity index (χ1v) is 8.29.